The van der Waals surface area contributed by atoms with E-state index in [0.717, 1.165) is 41.4 Å². The summed E-state index contributed by atoms with van der Waals surface area (Å²) in [4.78, 5) is 17.1. The Balaban J connectivity index is 1.88. The maximum absolute atomic E-state index is 12.9. The quantitative estimate of drug-likeness (QED) is 0.697. The van der Waals surface area contributed by atoms with Crippen LogP contribution in [0, 0.1) is 6.92 Å². The minimum Gasteiger partial charge on any atom is -0.497 e. The Kier molecular flexibility index (Phi) is 5.86. The summed E-state index contributed by atoms with van der Waals surface area (Å²) in [6.07, 6.45) is 3.38. The van der Waals surface area contributed by atoms with Gasteiger partial charge < -0.3 is 10.1 Å². The molecule has 0 unspecified atom stereocenters. The molecule has 27 heavy (non-hydrogen) atoms. The van der Waals surface area contributed by atoms with E-state index >= 15 is 0 Å². The lowest BCUT2D eigenvalue weighted by Crippen LogP contribution is -2.24. The summed E-state index contributed by atoms with van der Waals surface area (Å²) >= 11 is 0. The SMILES string of the molecule is CCCc1nn(-c2ccc(OC)cc2)c(C)c1C(=O)NCc1ccccn1. The number of pyridine rings is 1. The van der Waals surface area contributed by atoms with Crippen molar-refractivity contribution in [2.45, 2.75) is 33.2 Å². The van der Waals surface area contributed by atoms with Crippen LogP contribution in [0.1, 0.15) is 40.8 Å². The van der Waals surface area contributed by atoms with E-state index in [4.69, 9.17) is 9.84 Å². The van der Waals surface area contributed by atoms with E-state index in [2.05, 4.69) is 17.2 Å². The molecule has 6 nitrogen and oxygen atoms in total. The fourth-order valence-electron chi connectivity index (χ4n) is 3.00. The van der Waals surface area contributed by atoms with E-state index in [1.165, 1.54) is 0 Å². The minimum absolute atomic E-state index is 0.124. The summed E-state index contributed by atoms with van der Waals surface area (Å²) < 4.78 is 7.03. The third kappa shape index (κ3) is 4.16. The highest BCUT2D eigenvalue weighted by atomic mass is 16.5. The summed E-state index contributed by atoms with van der Waals surface area (Å²) in [5.41, 5.74) is 3.99. The highest BCUT2D eigenvalue weighted by Gasteiger charge is 2.21. The first-order valence-corrected chi connectivity index (χ1v) is 9.05. The molecule has 0 aliphatic rings. The van der Waals surface area contributed by atoms with Crippen molar-refractivity contribution in [3.8, 4) is 11.4 Å². The van der Waals surface area contributed by atoms with E-state index in [0.29, 0.717) is 12.1 Å². The molecular formula is C21H24N4O2. The second-order valence-electron chi connectivity index (χ2n) is 6.27. The lowest BCUT2D eigenvalue weighted by molar-refractivity contribution is 0.0949. The summed E-state index contributed by atoms with van der Waals surface area (Å²) in [7, 11) is 1.64. The van der Waals surface area contributed by atoms with Crippen molar-refractivity contribution in [3.63, 3.8) is 0 Å². The van der Waals surface area contributed by atoms with Gasteiger partial charge in [-0.3, -0.25) is 9.78 Å². The summed E-state index contributed by atoms with van der Waals surface area (Å²) in [5, 5.41) is 7.66. The van der Waals surface area contributed by atoms with Crippen LogP contribution >= 0.6 is 0 Å². The Bertz CT molecular complexity index is 902. The molecule has 2 heterocycles. The van der Waals surface area contributed by atoms with Gasteiger partial charge in [-0.25, -0.2) is 4.68 Å². The fraction of sp³-hybridized carbons (Fsp3) is 0.286. The normalized spacial score (nSPS) is 10.6. The van der Waals surface area contributed by atoms with Gasteiger partial charge in [0, 0.05) is 6.20 Å². The molecule has 0 aliphatic carbocycles. The van der Waals surface area contributed by atoms with Gasteiger partial charge in [-0.15, -0.1) is 0 Å². The van der Waals surface area contributed by atoms with Gasteiger partial charge in [0.05, 0.1) is 42.0 Å². The first-order valence-electron chi connectivity index (χ1n) is 9.05. The molecule has 0 saturated heterocycles. The molecule has 1 amide bonds. The minimum atomic E-state index is -0.124. The van der Waals surface area contributed by atoms with Crippen molar-refractivity contribution >= 4 is 5.91 Å². The van der Waals surface area contributed by atoms with E-state index < -0.39 is 0 Å². The Morgan fingerprint density at radius 1 is 1.19 bits per heavy atom. The molecule has 0 bridgehead atoms. The molecule has 2 aromatic heterocycles. The predicted octanol–water partition coefficient (Wildman–Crippen LogP) is 3.47. The zero-order valence-electron chi connectivity index (χ0n) is 15.9. The Hall–Kier alpha value is -3.15. The molecule has 1 N–H and O–H groups in total. The van der Waals surface area contributed by atoms with E-state index in [1.807, 2.05) is 54.1 Å². The van der Waals surface area contributed by atoms with Crippen LogP contribution in [0.3, 0.4) is 0 Å². The van der Waals surface area contributed by atoms with Gasteiger partial charge in [-0.2, -0.15) is 5.10 Å². The number of rotatable bonds is 7. The van der Waals surface area contributed by atoms with Gasteiger partial charge in [0.15, 0.2) is 0 Å². The van der Waals surface area contributed by atoms with Crippen molar-refractivity contribution in [2.75, 3.05) is 7.11 Å². The molecule has 0 spiro atoms. The third-order valence-electron chi connectivity index (χ3n) is 4.38. The number of methoxy groups -OCH3 is 1. The average molecular weight is 364 g/mol. The molecule has 0 atom stereocenters. The topological polar surface area (TPSA) is 69.0 Å². The van der Waals surface area contributed by atoms with Crippen molar-refractivity contribution in [2.24, 2.45) is 0 Å². The maximum Gasteiger partial charge on any atom is 0.255 e. The molecule has 0 saturated carbocycles. The number of hydrogen-bond acceptors (Lipinski definition) is 4. The number of amides is 1. The molecule has 1 aromatic carbocycles. The highest BCUT2D eigenvalue weighted by molar-refractivity contribution is 5.96. The van der Waals surface area contributed by atoms with Crippen LogP contribution in [-0.2, 0) is 13.0 Å². The van der Waals surface area contributed by atoms with Gasteiger partial charge >= 0.3 is 0 Å². The fourth-order valence-corrected chi connectivity index (χ4v) is 3.00. The van der Waals surface area contributed by atoms with Crippen LogP contribution in [0.25, 0.3) is 5.69 Å². The van der Waals surface area contributed by atoms with Gasteiger partial charge in [-0.05, 0) is 49.7 Å². The number of ether oxygens (including phenoxy) is 1. The van der Waals surface area contributed by atoms with Gasteiger partial charge in [0.25, 0.3) is 5.91 Å². The molecule has 140 valence electrons. The monoisotopic (exact) mass is 364 g/mol. The van der Waals surface area contributed by atoms with Gasteiger partial charge in [0.1, 0.15) is 5.75 Å². The standard InChI is InChI=1S/C21H24N4O2/c1-4-7-19-20(21(26)23-14-16-8-5-6-13-22-16)15(2)25(24-19)17-9-11-18(27-3)12-10-17/h5-6,8-13H,4,7,14H2,1-3H3,(H,23,26). The number of benzene rings is 1. The van der Waals surface area contributed by atoms with Crippen molar-refractivity contribution < 1.29 is 9.53 Å². The zero-order chi connectivity index (χ0) is 19.2. The van der Waals surface area contributed by atoms with Crippen LogP contribution in [0.15, 0.2) is 48.7 Å². The number of nitrogens with zero attached hydrogens (tertiary/aromatic N) is 3. The maximum atomic E-state index is 12.9. The molecule has 0 aliphatic heterocycles. The van der Waals surface area contributed by atoms with Crippen molar-refractivity contribution in [1.82, 2.24) is 20.1 Å². The van der Waals surface area contributed by atoms with E-state index in [1.54, 1.807) is 13.3 Å². The Morgan fingerprint density at radius 3 is 2.59 bits per heavy atom. The zero-order valence-corrected chi connectivity index (χ0v) is 15.9. The number of carbonyl (C=O) groups is 1. The summed E-state index contributed by atoms with van der Waals surface area (Å²) in [6.45, 7) is 4.39. The summed E-state index contributed by atoms with van der Waals surface area (Å²) in [6, 6.07) is 13.3. The van der Waals surface area contributed by atoms with Crippen LogP contribution in [0.2, 0.25) is 0 Å². The smallest absolute Gasteiger partial charge is 0.255 e. The number of aromatic nitrogens is 3. The molecule has 0 radical (unpaired) electrons. The third-order valence-corrected chi connectivity index (χ3v) is 4.38. The van der Waals surface area contributed by atoms with Crippen LogP contribution in [-0.4, -0.2) is 27.8 Å². The van der Waals surface area contributed by atoms with E-state index in [9.17, 15) is 4.79 Å². The van der Waals surface area contributed by atoms with Crippen LogP contribution < -0.4 is 10.1 Å². The van der Waals surface area contributed by atoms with Crippen molar-refractivity contribution in [3.05, 3.63) is 71.3 Å². The Labute approximate surface area is 159 Å². The predicted molar refractivity (Wildman–Crippen MR) is 104 cm³/mol. The van der Waals surface area contributed by atoms with Gasteiger partial charge in [-0.1, -0.05) is 19.4 Å². The van der Waals surface area contributed by atoms with E-state index in [-0.39, 0.29) is 5.91 Å². The molecule has 0 fully saturated rings. The second-order valence-corrected chi connectivity index (χ2v) is 6.27. The lowest BCUT2D eigenvalue weighted by atomic mass is 10.1. The molecular weight excluding hydrogens is 340 g/mol. The first-order chi connectivity index (χ1) is 13.1. The first kappa shape index (κ1) is 18.6. The lowest BCUT2D eigenvalue weighted by Gasteiger charge is -2.07. The number of aryl methyl sites for hydroxylation is 1. The number of hydrogen-bond donors (Lipinski definition) is 1. The van der Waals surface area contributed by atoms with Crippen LogP contribution in [0.5, 0.6) is 5.75 Å². The average Bonchev–Trinajstić information content (AvgIpc) is 3.03. The highest BCUT2D eigenvalue weighted by Crippen LogP contribution is 2.21. The molecule has 3 aromatic rings. The largest absolute Gasteiger partial charge is 0.497 e. The molecule has 3 rings (SSSR count). The number of carbonyl (C=O) groups excluding carboxylic acids is 1. The van der Waals surface area contributed by atoms with Crippen LogP contribution in [0.4, 0.5) is 0 Å². The van der Waals surface area contributed by atoms with Crippen molar-refractivity contribution in [1.29, 1.82) is 0 Å². The summed E-state index contributed by atoms with van der Waals surface area (Å²) in [5.74, 6) is 0.659. The number of nitrogens with one attached hydrogen (secondary N) is 1. The van der Waals surface area contributed by atoms with Gasteiger partial charge in [0.2, 0.25) is 0 Å². The second kappa shape index (κ2) is 8.49. The Morgan fingerprint density at radius 2 is 1.96 bits per heavy atom. The molecule has 6 heteroatoms.